The third-order valence-corrected chi connectivity index (χ3v) is 3.36. The molecule has 2 aromatic carbocycles. The summed E-state index contributed by atoms with van der Waals surface area (Å²) >= 11 is 17.8. The van der Waals surface area contributed by atoms with Gasteiger partial charge in [-0.15, -0.1) is 0 Å². The van der Waals surface area contributed by atoms with E-state index in [2.05, 4.69) is 5.32 Å². The number of hydrogen-bond acceptors (Lipinski definition) is 1. The molecule has 0 amide bonds. The van der Waals surface area contributed by atoms with Crippen molar-refractivity contribution in [1.82, 2.24) is 0 Å². The average molecular weight is 305 g/mol. The van der Waals surface area contributed by atoms with Crippen molar-refractivity contribution in [2.45, 2.75) is 6.54 Å². The van der Waals surface area contributed by atoms with Gasteiger partial charge in [0.15, 0.2) is 0 Å². The van der Waals surface area contributed by atoms with E-state index in [4.69, 9.17) is 34.8 Å². The van der Waals surface area contributed by atoms with Gasteiger partial charge in [-0.05, 0) is 30.3 Å². The number of nitrogens with one attached hydrogen (secondary N) is 1. The summed E-state index contributed by atoms with van der Waals surface area (Å²) in [7, 11) is 0. The van der Waals surface area contributed by atoms with Gasteiger partial charge in [-0.25, -0.2) is 4.39 Å². The zero-order valence-electron chi connectivity index (χ0n) is 9.18. The van der Waals surface area contributed by atoms with Gasteiger partial charge in [0, 0.05) is 22.2 Å². The van der Waals surface area contributed by atoms with E-state index >= 15 is 0 Å². The van der Waals surface area contributed by atoms with Crippen molar-refractivity contribution in [1.29, 1.82) is 0 Å². The van der Waals surface area contributed by atoms with E-state index in [1.54, 1.807) is 30.3 Å². The van der Waals surface area contributed by atoms with Crippen LogP contribution in [0.25, 0.3) is 0 Å². The predicted octanol–water partition coefficient (Wildman–Crippen LogP) is 5.40. The van der Waals surface area contributed by atoms with Crippen molar-refractivity contribution in [3.8, 4) is 0 Å². The van der Waals surface area contributed by atoms with E-state index in [1.807, 2.05) is 0 Å². The van der Waals surface area contributed by atoms with Crippen LogP contribution in [-0.2, 0) is 6.54 Å². The fourth-order valence-electron chi connectivity index (χ4n) is 1.52. The first-order valence-corrected chi connectivity index (χ1v) is 6.33. The third kappa shape index (κ3) is 3.08. The molecule has 1 nitrogen and oxygen atoms in total. The Balaban J connectivity index is 2.19. The van der Waals surface area contributed by atoms with Gasteiger partial charge in [0.1, 0.15) is 5.82 Å². The standard InChI is InChI=1S/C13H9Cl3FN/c14-8-4-5-11(16)13(6-8)18-7-9-10(15)2-1-3-12(9)17/h1-6,18H,7H2. The van der Waals surface area contributed by atoms with Crippen LogP contribution in [0.15, 0.2) is 36.4 Å². The summed E-state index contributed by atoms with van der Waals surface area (Å²) in [6, 6.07) is 9.61. The molecule has 0 spiro atoms. The molecule has 2 rings (SSSR count). The number of benzene rings is 2. The van der Waals surface area contributed by atoms with E-state index < -0.39 is 0 Å². The Bertz CT molecular complexity index is 552. The highest BCUT2D eigenvalue weighted by Gasteiger charge is 2.07. The molecule has 0 saturated heterocycles. The molecule has 0 fully saturated rings. The molecule has 0 unspecified atom stereocenters. The van der Waals surface area contributed by atoms with Crippen molar-refractivity contribution in [3.63, 3.8) is 0 Å². The minimum atomic E-state index is -0.354. The van der Waals surface area contributed by atoms with Crippen LogP contribution in [0.1, 0.15) is 5.56 Å². The number of halogens is 4. The molecular formula is C13H9Cl3FN. The van der Waals surface area contributed by atoms with Gasteiger partial charge in [0.2, 0.25) is 0 Å². The molecule has 5 heteroatoms. The topological polar surface area (TPSA) is 12.0 Å². The van der Waals surface area contributed by atoms with E-state index in [1.165, 1.54) is 6.07 Å². The van der Waals surface area contributed by atoms with Gasteiger partial charge in [-0.1, -0.05) is 40.9 Å². The van der Waals surface area contributed by atoms with Crippen molar-refractivity contribution in [3.05, 3.63) is 62.8 Å². The molecule has 0 saturated carbocycles. The summed E-state index contributed by atoms with van der Waals surface area (Å²) in [4.78, 5) is 0. The van der Waals surface area contributed by atoms with Crippen LogP contribution in [0, 0.1) is 5.82 Å². The molecule has 0 aliphatic heterocycles. The zero-order chi connectivity index (χ0) is 13.1. The highest BCUT2D eigenvalue weighted by molar-refractivity contribution is 6.35. The molecule has 0 radical (unpaired) electrons. The maximum atomic E-state index is 13.5. The third-order valence-electron chi connectivity index (χ3n) is 2.45. The molecule has 0 heterocycles. The van der Waals surface area contributed by atoms with Crippen LogP contribution in [0.3, 0.4) is 0 Å². The second kappa shape index (κ2) is 5.79. The van der Waals surface area contributed by atoms with Crippen LogP contribution >= 0.6 is 34.8 Å². The lowest BCUT2D eigenvalue weighted by Crippen LogP contribution is -2.03. The molecule has 2 aromatic rings. The molecule has 0 bridgehead atoms. The largest absolute Gasteiger partial charge is 0.380 e. The highest BCUT2D eigenvalue weighted by Crippen LogP contribution is 2.27. The first kappa shape index (κ1) is 13.5. The Labute approximate surface area is 119 Å². The summed E-state index contributed by atoms with van der Waals surface area (Å²) in [5.74, 6) is -0.354. The second-order valence-electron chi connectivity index (χ2n) is 3.68. The van der Waals surface area contributed by atoms with E-state index in [0.717, 1.165) is 0 Å². The molecule has 0 aliphatic carbocycles. The highest BCUT2D eigenvalue weighted by atomic mass is 35.5. The normalized spacial score (nSPS) is 10.4. The molecule has 0 aliphatic rings. The molecular weight excluding hydrogens is 296 g/mol. The molecule has 0 aromatic heterocycles. The average Bonchev–Trinajstić information content (AvgIpc) is 2.33. The summed E-state index contributed by atoms with van der Waals surface area (Å²) in [6.45, 7) is 0.242. The molecule has 94 valence electrons. The van der Waals surface area contributed by atoms with Crippen LogP contribution in [0.4, 0.5) is 10.1 Å². The minimum Gasteiger partial charge on any atom is -0.380 e. The summed E-state index contributed by atoms with van der Waals surface area (Å²) in [5.41, 5.74) is 1.04. The summed E-state index contributed by atoms with van der Waals surface area (Å²) < 4.78 is 13.5. The molecule has 0 atom stereocenters. The van der Waals surface area contributed by atoms with Gasteiger partial charge in [-0.3, -0.25) is 0 Å². The fraction of sp³-hybridized carbons (Fsp3) is 0.0769. The Morgan fingerprint density at radius 3 is 2.50 bits per heavy atom. The Morgan fingerprint density at radius 2 is 1.78 bits per heavy atom. The lowest BCUT2D eigenvalue weighted by Gasteiger charge is -2.10. The van der Waals surface area contributed by atoms with Gasteiger partial charge in [-0.2, -0.15) is 0 Å². The monoisotopic (exact) mass is 303 g/mol. The molecule has 1 N–H and O–H groups in total. The van der Waals surface area contributed by atoms with Crippen molar-refractivity contribution in [2.75, 3.05) is 5.32 Å². The van der Waals surface area contributed by atoms with Crippen LogP contribution in [0.2, 0.25) is 15.1 Å². The van der Waals surface area contributed by atoms with Crippen LogP contribution in [-0.4, -0.2) is 0 Å². The van der Waals surface area contributed by atoms with Gasteiger partial charge >= 0.3 is 0 Å². The summed E-state index contributed by atoms with van der Waals surface area (Å²) in [6.07, 6.45) is 0. The Hall–Kier alpha value is -0.960. The lowest BCUT2D eigenvalue weighted by atomic mass is 10.2. The van der Waals surface area contributed by atoms with E-state index in [9.17, 15) is 4.39 Å². The Morgan fingerprint density at radius 1 is 1.00 bits per heavy atom. The first-order chi connectivity index (χ1) is 8.58. The number of anilines is 1. The number of rotatable bonds is 3. The molecule has 18 heavy (non-hydrogen) atoms. The summed E-state index contributed by atoms with van der Waals surface area (Å²) in [5, 5.41) is 4.46. The van der Waals surface area contributed by atoms with E-state index in [0.29, 0.717) is 26.3 Å². The van der Waals surface area contributed by atoms with Gasteiger partial charge in [0.05, 0.1) is 10.7 Å². The maximum Gasteiger partial charge on any atom is 0.129 e. The first-order valence-electron chi connectivity index (χ1n) is 5.20. The lowest BCUT2D eigenvalue weighted by molar-refractivity contribution is 0.613. The number of hydrogen-bond donors (Lipinski definition) is 1. The van der Waals surface area contributed by atoms with Crippen molar-refractivity contribution in [2.24, 2.45) is 0 Å². The minimum absolute atomic E-state index is 0.242. The fourth-order valence-corrected chi connectivity index (χ4v) is 2.10. The van der Waals surface area contributed by atoms with Gasteiger partial charge in [0.25, 0.3) is 0 Å². The van der Waals surface area contributed by atoms with E-state index in [-0.39, 0.29) is 12.4 Å². The smallest absolute Gasteiger partial charge is 0.129 e. The van der Waals surface area contributed by atoms with Crippen molar-refractivity contribution < 1.29 is 4.39 Å². The van der Waals surface area contributed by atoms with Crippen molar-refractivity contribution >= 4 is 40.5 Å². The van der Waals surface area contributed by atoms with Gasteiger partial charge < -0.3 is 5.32 Å². The predicted molar refractivity (Wildman–Crippen MR) is 75.2 cm³/mol. The van der Waals surface area contributed by atoms with Crippen LogP contribution in [0.5, 0.6) is 0 Å². The quantitative estimate of drug-likeness (QED) is 0.800. The maximum absolute atomic E-state index is 13.5. The Kier molecular flexibility index (Phi) is 4.33. The second-order valence-corrected chi connectivity index (χ2v) is 4.93. The SMILES string of the molecule is Fc1cccc(Cl)c1CNc1cc(Cl)ccc1Cl. The zero-order valence-corrected chi connectivity index (χ0v) is 11.5. The van der Waals surface area contributed by atoms with Crippen LogP contribution < -0.4 is 5.32 Å².